The van der Waals surface area contributed by atoms with E-state index in [0.29, 0.717) is 13.2 Å². The Labute approximate surface area is 120 Å². The van der Waals surface area contributed by atoms with Crippen LogP contribution in [0.25, 0.3) is 0 Å². The third-order valence-corrected chi connectivity index (χ3v) is 5.07. The van der Waals surface area contributed by atoms with Crippen molar-refractivity contribution in [3.8, 4) is 0 Å². The van der Waals surface area contributed by atoms with Gasteiger partial charge in [0, 0.05) is 33.2 Å². The summed E-state index contributed by atoms with van der Waals surface area (Å²) in [5.74, 6) is 0.737. The van der Waals surface area contributed by atoms with Crippen LogP contribution in [0.3, 0.4) is 0 Å². The Morgan fingerprint density at radius 3 is 2.35 bits per heavy atom. The van der Waals surface area contributed by atoms with Crippen LogP contribution in [0.1, 0.15) is 55.3 Å². The third kappa shape index (κ3) is 2.50. The van der Waals surface area contributed by atoms with Crippen molar-refractivity contribution in [2.75, 3.05) is 20.3 Å². The van der Waals surface area contributed by atoms with Gasteiger partial charge in [-0.2, -0.15) is 0 Å². The topological polar surface area (TPSA) is 38.7 Å². The number of methoxy groups -OCH3 is 1. The molecule has 3 heteroatoms. The van der Waals surface area contributed by atoms with Gasteiger partial charge in [0.15, 0.2) is 0 Å². The Hall–Kier alpha value is -0.900. The lowest BCUT2D eigenvalue weighted by Crippen LogP contribution is -2.43. The van der Waals surface area contributed by atoms with Crippen molar-refractivity contribution in [1.29, 1.82) is 0 Å². The summed E-state index contributed by atoms with van der Waals surface area (Å²) in [5.41, 5.74) is 1.87. The van der Waals surface area contributed by atoms with Crippen LogP contribution in [0.2, 0.25) is 0 Å². The molecule has 3 rings (SSSR count). The van der Waals surface area contributed by atoms with Crippen molar-refractivity contribution in [3.05, 3.63) is 35.4 Å². The van der Waals surface area contributed by atoms with Crippen LogP contribution in [0.4, 0.5) is 0 Å². The van der Waals surface area contributed by atoms with Gasteiger partial charge in [0.1, 0.15) is 11.7 Å². The number of hydrogen-bond acceptors (Lipinski definition) is 3. The average Bonchev–Trinajstić information content (AvgIpc) is 2.46. The molecule has 1 saturated carbocycles. The summed E-state index contributed by atoms with van der Waals surface area (Å²) in [4.78, 5) is 0. The zero-order valence-corrected chi connectivity index (χ0v) is 12.2. The van der Waals surface area contributed by atoms with Crippen LogP contribution in [-0.2, 0) is 9.47 Å². The lowest BCUT2D eigenvalue weighted by molar-refractivity contribution is -0.154. The molecule has 0 spiro atoms. The minimum Gasteiger partial charge on any atom is -0.385 e. The van der Waals surface area contributed by atoms with E-state index < -0.39 is 11.7 Å². The monoisotopic (exact) mass is 276 g/mol. The zero-order valence-electron chi connectivity index (χ0n) is 12.2. The summed E-state index contributed by atoms with van der Waals surface area (Å²) in [7, 11) is 1.69. The Balaban J connectivity index is 1.76. The Bertz CT molecular complexity index is 430. The first-order valence-corrected chi connectivity index (χ1v) is 7.66. The van der Waals surface area contributed by atoms with Crippen LogP contribution < -0.4 is 0 Å². The van der Waals surface area contributed by atoms with Gasteiger partial charge in [-0.25, -0.2) is 0 Å². The van der Waals surface area contributed by atoms with Gasteiger partial charge >= 0.3 is 0 Å². The molecule has 3 nitrogen and oxygen atoms in total. The molecule has 1 aromatic carbocycles. The lowest BCUT2D eigenvalue weighted by Gasteiger charge is -2.40. The quantitative estimate of drug-likeness (QED) is 0.918. The number of aliphatic hydroxyl groups excluding tert-OH is 1. The predicted octanol–water partition coefficient (Wildman–Crippen LogP) is 3.18. The fourth-order valence-electron chi connectivity index (χ4n) is 3.30. The molecule has 2 aliphatic rings. The number of rotatable bonds is 4. The second kappa shape index (κ2) is 5.84. The second-order valence-electron chi connectivity index (χ2n) is 6.08. The molecule has 1 aromatic rings. The highest BCUT2D eigenvalue weighted by Gasteiger charge is 2.40. The summed E-state index contributed by atoms with van der Waals surface area (Å²) in [6, 6.07) is 8.47. The van der Waals surface area contributed by atoms with Crippen LogP contribution in [0, 0.1) is 0 Å². The molecule has 1 saturated heterocycles. The molecule has 1 N–H and O–H groups in total. The molecule has 0 aromatic heterocycles. The molecule has 0 bridgehead atoms. The number of benzene rings is 1. The first-order valence-electron chi connectivity index (χ1n) is 7.66. The van der Waals surface area contributed by atoms with Crippen molar-refractivity contribution in [3.63, 3.8) is 0 Å². The van der Waals surface area contributed by atoms with Crippen molar-refractivity contribution in [1.82, 2.24) is 0 Å². The maximum absolute atomic E-state index is 10.7. The maximum atomic E-state index is 10.7. The summed E-state index contributed by atoms with van der Waals surface area (Å²) < 4.78 is 11.1. The van der Waals surface area contributed by atoms with E-state index in [9.17, 15) is 5.11 Å². The van der Waals surface area contributed by atoms with Crippen LogP contribution >= 0.6 is 0 Å². The minimum atomic E-state index is -0.577. The zero-order chi connectivity index (χ0) is 14.0. The van der Waals surface area contributed by atoms with Crippen molar-refractivity contribution < 1.29 is 14.6 Å². The molecule has 2 fully saturated rings. The van der Waals surface area contributed by atoms with E-state index in [1.165, 1.54) is 24.8 Å². The standard InChI is InChI=1S/C17H24O3/c1-19-17(9-11-20-12-10-17)16(18)15-7-5-14(6-8-15)13-3-2-4-13/h5-8,13,16,18H,2-4,9-12H2,1H3. The Morgan fingerprint density at radius 1 is 1.20 bits per heavy atom. The summed E-state index contributed by atoms with van der Waals surface area (Å²) >= 11 is 0. The van der Waals surface area contributed by atoms with Gasteiger partial charge in [0.2, 0.25) is 0 Å². The lowest BCUT2D eigenvalue weighted by atomic mass is 9.79. The van der Waals surface area contributed by atoms with Gasteiger partial charge in [0.05, 0.1) is 0 Å². The van der Waals surface area contributed by atoms with E-state index in [1.54, 1.807) is 7.11 Å². The molecule has 1 aliphatic heterocycles. The van der Waals surface area contributed by atoms with Gasteiger partial charge in [-0.3, -0.25) is 0 Å². The smallest absolute Gasteiger partial charge is 0.108 e. The average molecular weight is 276 g/mol. The van der Waals surface area contributed by atoms with E-state index >= 15 is 0 Å². The largest absolute Gasteiger partial charge is 0.385 e. The van der Waals surface area contributed by atoms with Crippen molar-refractivity contribution in [2.24, 2.45) is 0 Å². The van der Waals surface area contributed by atoms with E-state index in [1.807, 2.05) is 0 Å². The van der Waals surface area contributed by atoms with Gasteiger partial charge < -0.3 is 14.6 Å². The van der Waals surface area contributed by atoms with Crippen LogP contribution in [0.5, 0.6) is 0 Å². The maximum Gasteiger partial charge on any atom is 0.108 e. The molecule has 1 heterocycles. The molecular formula is C17H24O3. The SMILES string of the molecule is COC1(C(O)c2ccc(C3CCC3)cc2)CCOCC1. The molecular weight excluding hydrogens is 252 g/mol. The summed E-state index contributed by atoms with van der Waals surface area (Å²) in [5, 5.41) is 10.7. The molecule has 1 unspecified atom stereocenters. The fourth-order valence-corrected chi connectivity index (χ4v) is 3.30. The van der Waals surface area contributed by atoms with Crippen LogP contribution in [0.15, 0.2) is 24.3 Å². The number of ether oxygens (including phenoxy) is 2. The highest BCUT2D eigenvalue weighted by atomic mass is 16.5. The van der Waals surface area contributed by atoms with E-state index in [-0.39, 0.29) is 0 Å². The Kier molecular flexibility index (Phi) is 4.11. The number of aliphatic hydroxyl groups is 1. The summed E-state index contributed by atoms with van der Waals surface area (Å²) in [6.07, 6.45) is 4.88. The van der Waals surface area contributed by atoms with Gasteiger partial charge in [-0.15, -0.1) is 0 Å². The third-order valence-electron chi connectivity index (χ3n) is 5.07. The van der Waals surface area contributed by atoms with E-state index in [2.05, 4.69) is 24.3 Å². The summed E-state index contributed by atoms with van der Waals surface area (Å²) in [6.45, 7) is 1.32. The highest BCUT2D eigenvalue weighted by molar-refractivity contribution is 5.29. The van der Waals surface area contributed by atoms with E-state index in [0.717, 1.165) is 24.3 Å². The van der Waals surface area contributed by atoms with Gasteiger partial charge in [0.25, 0.3) is 0 Å². The van der Waals surface area contributed by atoms with E-state index in [4.69, 9.17) is 9.47 Å². The minimum absolute atomic E-state index is 0.490. The molecule has 1 atom stereocenters. The molecule has 0 radical (unpaired) electrons. The number of hydrogen-bond donors (Lipinski definition) is 1. The highest BCUT2D eigenvalue weighted by Crippen LogP contribution is 2.39. The van der Waals surface area contributed by atoms with Gasteiger partial charge in [-0.05, 0) is 29.9 Å². The Morgan fingerprint density at radius 2 is 1.85 bits per heavy atom. The first-order chi connectivity index (χ1) is 9.75. The first kappa shape index (κ1) is 14.1. The van der Waals surface area contributed by atoms with Gasteiger partial charge in [-0.1, -0.05) is 30.7 Å². The fraction of sp³-hybridized carbons (Fsp3) is 0.647. The molecule has 20 heavy (non-hydrogen) atoms. The van der Waals surface area contributed by atoms with Crippen molar-refractivity contribution >= 4 is 0 Å². The predicted molar refractivity (Wildman–Crippen MR) is 77.8 cm³/mol. The molecule has 110 valence electrons. The van der Waals surface area contributed by atoms with Crippen LogP contribution in [-0.4, -0.2) is 31.0 Å². The van der Waals surface area contributed by atoms with Crippen molar-refractivity contribution in [2.45, 2.75) is 49.7 Å². The molecule has 0 amide bonds. The molecule has 1 aliphatic carbocycles. The normalized spacial score (nSPS) is 24.1. The second-order valence-corrected chi connectivity index (χ2v) is 6.08.